The lowest BCUT2D eigenvalue weighted by molar-refractivity contribution is 0.0954. The molecular formula is C22H17BrCl2N2O3. The molecule has 0 heterocycles. The molecule has 0 unspecified atom stereocenters. The Morgan fingerprint density at radius 1 is 1.13 bits per heavy atom. The third-order valence-electron chi connectivity index (χ3n) is 4.05. The van der Waals surface area contributed by atoms with Gasteiger partial charge in [0.25, 0.3) is 5.91 Å². The van der Waals surface area contributed by atoms with Gasteiger partial charge in [-0.3, -0.25) is 4.79 Å². The molecule has 0 bridgehead atoms. The van der Waals surface area contributed by atoms with E-state index in [-0.39, 0.29) is 5.91 Å². The maximum absolute atomic E-state index is 12.2. The summed E-state index contributed by atoms with van der Waals surface area (Å²) < 4.78 is 11.9. The summed E-state index contributed by atoms with van der Waals surface area (Å²) in [5, 5.41) is 5.01. The Hall–Kier alpha value is -2.54. The molecule has 1 N–H and O–H groups in total. The number of carbonyl (C=O) groups excluding carboxylic acids is 1. The lowest BCUT2D eigenvalue weighted by Gasteiger charge is -2.13. The Labute approximate surface area is 192 Å². The van der Waals surface area contributed by atoms with Crippen molar-refractivity contribution in [2.24, 2.45) is 5.10 Å². The molecule has 0 spiro atoms. The van der Waals surface area contributed by atoms with Crippen LogP contribution in [0.1, 0.15) is 21.5 Å². The van der Waals surface area contributed by atoms with Gasteiger partial charge in [0.1, 0.15) is 6.61 Å². The quantitative estimate of drug-likeness (QED) is 0.310. The second-order valence-corrected chi connectivity index (χ2v) is 7.83. The number of ether oxygens (including phenoxy) is 2. The van der Waals surface area contributed by atoms with E-state index in [9.17, 15) is 4.79 Å². The van der Waals surface area contributed by atoms with Crippen LogP contribution in [0.4, 0.5) is 0 Å². The minimum Gasteiger partial charge on any atom is -0.493 e. The summed E-state index contributed by atoms with van der Waals surface area (Å²) in [5.41, 5.74) is 4.55. The summed E-state index contributed by atoms with van der Waals surface area (Å²) in [7, 11) is 1.52. The molecule has 0 radical (unpaired) electrons. The first kappa shape index (κ1) is 22.2. The molecule has 3 rings (SSSR count). The van der Waals surface area contributed by atoms with E-state index < -0.39 is 0 Å². The predicted octanol–water partition coefficient (Wildman–Crippen LogP) is 6.11. The van der Waals surface area contributed by atoms with Gasteiger partial charge in [-0.1, -0.05) is 47.5 Å². The van der Waals surface area contributed by atoms with Crippen LogP contribution < -0.4 is 14.9 Å². The fourth-order valence-corrected chi connectivity index (χ4v) is 3.43. The molecule has 3 aromatic carbocycles. The normalized spacial score (nSPS) is 10.8. The topological polar surface area (TPSA) is 59.9 Å². The van der Waals surface area contributed by atoms with E-state index in [0.717, 1.165) is 5.56 Å². The average molecular weight is 508 g/mol. The molecule has 1 amide bonds. The van der Waals surface area contributed by atoms with E-state index in [1.807, 2.05) is 18.2 Å². The number of methoxy groups -OCH3 is 1. The molecule has 0 aliphatic heterocycles. The van der Waals surface area contributed by atoms with Crippen LogP contribution in [0.15, 0.2) is 70.2 Å². The Kier molecular flexibility index (Phi) is 7.74. The first-order valence-electron chi connectivity index (χ1n) is 8.80. The van der Waals surface area contributed by atoms with Gasteiger partial charge >= 0.3 is 0 Å². The van der Waals surface area contributed by atoms with Crippen molar-refractivity contribution in [1.82, 2.24) is 5.43 Å². The first-order valence-corrected chi connectivity index (χ1v) is 10.4. The third-order valence-corrected chi connectivity index (χ3v) is 5.27. The van der Waals surface area contributed by atoms with E-state index in [4.69, 9.17) is 32.7 Å². The second-order valence-electron chi connectivity index (χ2n) is 6.13. The Balaban J connectivity index is 1.70. The summed E-state index contributed by atoms with van der Waals surface area (Å²) in [6, 6.07) is 17.8. The van der Waals surface area contributed by atoms with Gasteiger partial charge in [0.2, 0.25) is 0 Å². The van der Waals surface area contributed by atoms with E-state index in [0.29, 0.717) is 43.8 Å². The van der Waals surface area contributed by atoms with Crippen molar-refractivity contribution in [2.45, 2.75) is 6.61 Å². The van der Waals surface area contributed by atoms with Gasteiger partial charge in [0.05, 0.1) is 23.9 Å². The highest BCUT2D eigenvalue weighted by molar-refractivity contribution is 9.10. The smallest absolute Gasteiger partial charge is 0.272 e. The summed E-state index contributed by atoms with van der Waals surface area (Å²) in [6.45, 7) is 0.308. The van der Waals surface area contributed by atoms with E-state index in [2.05, 4.69) is 26.5 Å². The molecule has 0 aliphatic rings. The monoisotopic (exact) mass is 506 g/mol. The van der Waals surface area contributed by atoms with Crippen LogP contribution in [0.2, 0.25) is 10.0 Å². The highest BCUT2D eigenvalue weighted by Crippen LogP contribution is 2.36. The zero-order valence-corrected chi connectivity index (χ0v) is 19.0. The predicted molar refractivity (Wildman–Crippen MR) is 123 cm³/mol. The van der Waals surface area contributed by atoms with Gasteiger partial charge in [-0.15, -0.1) is 0 Å². The summed E-state index contributed by atoms with van der Waals surface area (Å²) >= 11 is 15.6. The SMILES string of the molecule is COc1cc(/C=N/NC(=O)c2ccccc2Br)cc(Cl)c1OCc1ccc(Cl)cc1. The average Bonchev–Trinajstić information content (AvgIpc) is 2.74. The molecule has 0 saturated heterocycles. The van der Waals surface area contributed by atoms with Crippen molar-refractivity contribution < 1.29 is 14.3 Å². The zero-order chi connectivity index (χ0) is 21.5. The highest BCUT2D eigenvalue weighted by atomic mass is 79.9. The van der Waals surface area contributed by atoms with E-state index in [1.54, 1.807) is 42.5 Å². The Bertz CT molecular complexity index is 1070. The number of carbonyl (C=O) groups is 1. The van der Waals surface area contributed by atoms with Crippen LogP contribution in [0.5, 0.6) is 11.5 Å². The molecule has 3 aromatic rings. The zero-order valence-electron chi connectivity index (χ0n) is 15.9. The lowest BCUT2D eigenvalue weighted by Crippen LogP contribution is -2.18. The van der Waals surface area contributed by atoms with Crippen LogP contribution in [-0.2, 0) is 6.61 Å². The number of amides is 1. The molecule has 154 valence electrons. The van der Waals surface area contributed by atoms with Crippen LogP contribution in [0, 0.1) is 0 Å². The standard InChI is InChI=1S/C22H17BrCl2N2O3/c1-29-20-11-15(12-26-27-22(28)17-4-2-3-5-18(17)23)10-19(25)21(20)30-13-14-6-8-16(24)9-7-14/h2-12H,13H2,1H3,(H,27,28)/b26-12+. The molecule has 0 saturated carbocycles. The Morgan fingerprint density at radius 2 is 1.87 bits per heavy atom. The fraction of sp³-hybridized carbons (Fsp3) is 0.0909. The number of hydrazone groups is 1. The van der Waals surface area contributed by atoms with Crippen molar-refractivity contribution in [1.29, 1.82) is 0 Å². The summed E-state index contributed by atoms with van der Waals surface area (Å²) in [4.78, 5) is 12.2. The minimum atomic E-state index is -0.334. The minimum absolute atomic E-state index is 0.308. The maximum atomic E-state index is 12.2. The van der Waals surface area contributed by atoms with Crippen molar-refractivity contribution in [3.8, 4) is 11.5 Å². The van der Waals surface area contributed by atoms with Gasteiger partial charge < -0.3 is 9.47 Å². The Morgan fingerprint density at radius 3 is 2.57 bits per heavy atom. The lowest BCUT2D eigenvalue weighted by atomic mass is 10.2. The van der Waals surface area contributed by atoms with Crippen molar-refractivity contribution >= 4 is 51.3 Å². The second kappa shape index (κ2) is 10.5. The van der Waals surface area contributed by atoms with Gasteiger partial charge in [-0.2, -0.15) is 5.10 Å². The first-order chi connectivity index (χ1) is 14.5. The number of rotatable bonds is 7. The molecular weight excluding hydrogens is 491 g/mol. The fourth-order valence-electron chi connectivity index (χ4n) is 2.56. The molecule has 0 aromatic heterocycles. The van der Waals surface area contributed by atoms with Gasteiger partial charge in [0, 0.05) is 9.50 Å². The number of benzene rings is 3. The number of halogens is 3. The van der Waals surface area contributed by atoms with E-state index in [1.165, 1.54) is 13.3 Å². The number of hydrogen-bond donors (Lipinski definition) is 1. The number of nitrogens with zero attached hydrogens (tertiary/aromatic N) is 1. The third kappa shape index (κ3) is 5.75. The van der Waals surface area contributed by atoms with E-state index >= 15 is 0 Å². The van der Waals surface area contributed by atoms with Crippen LogP contribution >= 0.6 is 39.1 Å². The van der Waals surface area contributed by atoms with Crippen LogP contribution in [0.3, 0.4) is 0 Å². The largest absolute Gasteiger partial charge is 0.493 e. The summed E-state index contributed by atoms with van der Waals surface area (Å²) in [6.07, 6.45) is 1.48. The molecule has 0 atom stereocenters. The van der Waals surface area contributed by atoms with Gasteiger partial charge in [0.15, 0.2) is 11.5 Å². The van der Waals surface area contributed by atoms with Crippen LogP contribution in [-0.4, -0.2) is 19.2 Å². The molecule has 30 heavy (non-hydrogen) atoms. The van der Waals surface area contributed by atoms with Gasteiger partial charge in [-0.25, -0.2) is 5.43 Å². The highest BCUT2D eigenvalue weighted by Gasteiger charge is 2.12. The van der Waals surface area contributed by atoms with Crippen molar-refractivity contribution in [2.75, 3.05) is 7.11 Å². The molecule has 0 aliphatic carbocycles. The van der Waals surface area contributed by atoms with Crippen molar-refractivity contribution in [3.63, 3.8) is 0 Å². The van der Waals surface area contributed by atoms with Gasteiger partial charge in [-0.05, 0) is 63.5 Å². The van der Waals surface area contributed by atoms with Crippen LogP contribution in [0.25, 0.3) is 0 Å². The number of hydrogen-bond acceptors (Lipinski definition) is 4. The molecule has 0 fully saturated rings. The molecule has 8 heteroatoms. The maximum Gasteiger partial charge on any atom is 0.272 e. The number of nitrogens with one attached hydrogen (secondary N) is 1. The molecule has 5 nitrogen and oxygen atoms in total. The summed E-state index contributed by atoms with van der Waals surface area (Å²) in [5.74, 6) is 0.540. The van der Waals surface area contributed by atoms with Crippen molar-refractivity contribution in [3.05, 3.63) is 91.9 Å².